The molecule has 1 fully saturated rings. The van der Waals surface area contributed by atoms with Crippen molar-refractivity contribution in [2.75, 3.05) is 14.1 Å². The molecule has 0 amide bonds. The van der Waals surface area contributed by atoms with Gasteiger partial charge in [0.15, 0.2) is 0 Å². The number of nitrogens with one attached hydrogen (secondary N) is 2. The minimum atomic E-state index is 0.0144. The molecule has 2 N–H and O–H groups in total. The van der Waals surface area contributed by atoms with Crippen molar-refractivity contribution in [2.24, 2.45) is 0 Å². The van der Waals surface area contributed by atoms with Crippen LogP contribution in [0.2, 0.25) is 0 Å². The Morgan fingerprint density at radius 1 is 1.24 bits per heavy atom. The third-order valence-electron chi connectivity index (χ3n) is 3.46. The molecule has 0 spiro atoms. The average Bonchev–Trinajstić information content (AvgIpc) is 3.03. The van der Waals surface area contributed by atoms with Crippen LogP contribution < -0.4 is 10.6 Å². The zero-order valence-electron chi connectivity index (χ0n) is 12.9. The highest BCUT2D eigenvalue weighted by molar-refractivity contribution is 5.72. The van der Waals surface area contributed by atoms with Gasteiger partial charge >= 0.3 is 0 Å². The van der Waals surface area contributed by atoms with E-state index in [9.17, 15) is 0 Å². The highest BCUT2D eigenvalue weighted by Gasteiger charge is 2.19. The number of pyridine rings is 1. The fraction of sp³-hybridized carbons (Fsp3) is 0.471. The molecule has 21 heavy (non-hydrogen) atoms. The SMILES string of the molecule is C1=CC(OC2CCCC2)NC=C1c1ccccn1.CNC. The van der Waals surface area contributed by atoms with Crippen LogP contribution in [0.5, 0.6) is 0 Å². The highest BCUT2D eigenvalue weighted by Crippen LogP contribution is 2.23. The lowest BCUT2D eigenvalue weighted by atomic mass is 10.1. The van der Waals surface area contributed by atoms with E-state index in [1.54, 1.807) is 0 Å². The maximum Gasteiger partial charge on any atom is 0.147 e. The minimum absolute atomic E-state index is 0.0144. The second-order valence-electron chi connectivity index (χ2n) is 5.30. The monoisotopic (exact) mass is 287 g/mol. The van der Waals surface area contributed by atoms with Crippen LogP contribution in [0, 0.1) is 0 Å². The Morgan fingerprint density at radius 2 is 2.00 bits per heavy atom. The van der Waals surface area contributed by atoms with Crippen molar-refractivity contribution in [1.29, 1.82) is 0 Å². The van der Waals surface area contributed by atoms with Crippen LogP contribution in [0.25, 0.3) is 5.57 Å². The van der Waals surface area contributed by atoms with Crippen molar-refractivity contribution in [3.05, 3.63) is 48.4 Å². The van der Waals surface area contributed by atoms with E-state index in [4.69, 9.17) is 4.74 Å². The van der Waals surface area contributed by atoms with Gasteiger partial charge in [0.05, 0.1) is 11.8 Å². The van der Waals surface area contributed by atoms with Gasteiger partial charge in [-0.3, -0.25) is 4.98 Å². The minimum Gasteiger partial charge on any atom is -0.362 e. The zero-order chi connectivity index (χ0) is 14.9. The maximum atomic E-state index is 5.97. The third-order valence-corrected chi connectivity index (χ3v) is 3.46. The molecule has 1 atom stereocenters. The van der Waals surface area contributed by atoms with Crippen LogP contribution >= 0.6 is 0 Å². The van der Waals surface area contributed by atoms with E-state index in [1.807, 2.05) is 44.7 Å². The standard InChI is InChI=1S/C15H18N2O.C2H7N/c1-2-6-13(5-1)18-15-9-8-12(11-17-15)14-7-3-4-10-16-14;1-3-2/h3-4,7-11,13,15,17H,1-2,5-6H2;3H,1-2H3. The smallest absolute Gasteiger partial charge is 0.147 e. The normalized spacial score (nSPS) is 21.2. The lowest BCUT2D eigenvalue weighted by molar-refractivity contribution is 0.00708. The largest absolute Gasteiger partial charge is 0.362 e. The van der Waals surface area contributed by atoms with Gasteiger partial charge in [0.1, 0.15) is 6.23 Å². The molecule has 0 radical (unpaired) electrons. The van der Waals surface area contributed by atoms with Crippen LogP contribution in [0.15, 0.2) is 42.7 Å². The topological polar surface area (TPSA) is 46.2 Å². The molecular weight excluding hydrogens is 262 g/mol. The summed E-state index contributed by atoms with van der Waals surface area (Å²) in [6.07, 6.45) is 13.4. The Bertz CT molecular complexity index is 464. The van der Waals surface area contributed by atoms with Crippen LogP contribution in [-0.2, 0) is 4.74 Å². The number of ether oxygens (including phenoxy) is 1. The summed E-state index contributed by atoms with van der Waals surface area (Å²) in [5.41, 5.74) is 2.09. The third kappa shape index (κ3) is 4.99. The van der Waals surface area contributed by atoms with E-state index in [1.165, 1.54) is 25.7 Å². The number of nitrogens with zero attached hydrogens (tertiary/aromatic N) is 1. The Kier molecular flexibility index (Phi) is 6.44. The molecule has 1 aromatic rings. The summed E-state index contributed by atoms with van der Waals surface area (Å²) >= 11 is 0. The Hall–Kier alpha value is -1.65. The molecule has 1 unspecified atom stereocenters. The van der Waals surface area contributed by atoms with Gasteiger partial charge in [0, 0.05) is 18.0 Å². The van der Waals surface area contributed by atoms with Crippen molar-refractivity contribution in [3.8, 4) is 0 Å². The maximum absolute atomic E-state index is 5.97. The van der Waals surface area contributed by atoms with Gasteiger partial charge in [0.25, 0.3) is 0 Å². The van der Waals surface area contributed by atoms with Gasteiger partial charge in [-0.15, -0.1) is 0 Å². The Labute approximate surface area is 127 Å². The number of hydrogen-bond donors (Lipinski definition) is 2. The first-order valence-corrected chi connectivity index (χ1v) is 7.63. The lowest BCUT2D eigenvalue weighted by Gasteiger charge is -2.22. The van der Waals surface area contributed by atoms with Crippen LogP contribution in [-0.4, -0.2) is 31.4 Å². The molecule has 1 aromatic heterocycles. The first-order chi connectivity index (χ1) is 10.3. The molecular formula is C17H25N3O. The molecule has 0 aromatic carbocycles. The Balaban J connectivity index is 0.000000497. The van der Waals surface area contributed by atoms with E-state index in [0.29, 0.717) is 6.10 Å². The molecule has 0 bridgehead atoms. The van der Waals surface area contributed by atoms with Gasteiger partial charge in [-0.2, -0.15) is 0 Å². The summed E-state index contributed by atoms with van der Waals surface area (Å²) in [5, 5.41) is 6.03. The van der Waals surface area contributed by atoms with Gasteiger partial charge in [-0.1, -0.05) is 25.0 Å². The summed E-state index contributed by atoms with van der Waals surface area (Å²) in [5.74, 6) is 0. The van der Waals surface area contributed by atoms with E-state index < -0.39 is 0 Å². The second kappa shape index (κ2) is 8.60. The van der Waals surface area contributed by atoms with E-state index >= 15 is 0 Å². The number of allylic oxidation sites excluding steroid dienone is 2. The van der Waals surface area contributed by atoms with E-state index in [2.05, 4.69) is 27.8 Å². The lowest BCUT2D eigenvalue weighted by Crippen LogP contribution is -2.31. The summed E-state index contributed by atoms with van der Waals surface area (Å²) in [4.78, 5) is 4.33. The molecule has 2 aliphatic rings. The van der Waals surface area contributed by atoms with E-state index in [-0.39, 0.29) is 6.23 Å². The first-order valence-electron chi connectivity index (χ1n) is 7.63. The van der Waals surface area contributed by atoms with Crippen LogP contribution in [0.4, 0.5) is 0 Å². The predicted molar refractivity (Wildman–Crippen MR) is 86.6 cm³/mol. The molecule has 1 aliphatic carbocycles. The fourth-order valence-corrected chi connectivity index (χ4v) is 2.48. The van der Waals surface area contributed by atoms with Gasteiger partial charge in [0.2, 0.25) is 0 Å². The summed E-state index contributed by atoms with van der Waals surface area (Å²) in [7, 11) is 3.75. The number of rotatable bonds is 3. The highest BCUT2D eigenvalue weighted by atomic mass is 16.5. The average molecular weight is 287 g/mol. The molecule has 114 valence electrons. The van der Waals surface area contributed by atoms with Gasteiger partial charge in [-0.05, 0) is 45.1 Å². The number of hydrogen-bond acceptors (Lipinski definition) is 4. The van der Waals surface area contributed by atoms with Crippen molar-refractivity contribution >= 4 is 5.57 Å². The summed E-state index contributed by atoms with van der Waals surface area (Å²) in [6, 6.07) is 5.93. The molecule has 4 heteroatoms. The summed E-state index contributed by atoms with van der Waals surface area (Å²) in [6.45, 7) is 0. The van der Waals surface area contributed by atoms with E-state index in [0.717, 1.165) is 11.3 Å². The second-order valence-corrected chi connectivity index (χ2v) is 5.30. The molecule has 1 saturated carbocycles. The first kappa shape index (κ1) is 15.7. The Morgan fingerprint density at radius 3 is 2.57 bits per heavy atom. The van der Waals surface area contributed by atoms with Gasteiger partial charge < -0.3 is 15.4 Å². The van der Waals surface area contributed by atoms with Crippen molar-refractivity contribution < 1.29 is 4.74 Å². The van der Waals surface area contributed by atoms with Crippen LogP contribution in [0.1, 0.15) is 31.4 Å². The van der Waals surface area contributed by atoms with Crippen molar-refractivity contribution in [2.45, 2.75) is 38.0 Å². The quantitative estimate of drug-likeness (QED) is 0.897. The van der Waals surface area contributed by atoms with Gasteiger partial charge in [-0.25, -0.2) is 0 Å². The number of aromatic nitrogens is 1. The molecule has 1 aliphatic heterocycles. The van der Waals surface area contributed by atoms with Crippen molar-refractivity contribution in [1.82, 2.24) is 15.6 Å². The predicted octanol–water partition coefficient (Wildman–Crippen LogP) is 2.70. The zero-order valence-corrected chi connectivity index (χ0v) is 12.9. The molecule has 4 nitrogen and oxygen atoms in total. The van der Waals surface area contributed by atoms with Crippen LogP contribution in [0.3, 0.4) is 0 Å². The fourth-order valence-electron chi connectivity index (χ4n) is 2.48. The van der Waals surface area contributed by atoms with Crippen molar-refractivity contribution in [3.63, 3.8) is 0 Å². The molecule has 0 saturated heterocycles. The number of dihydropyridines is 1. The summed E-state index contributed by atoms with van der Waals surface area (Å²) < 4.78 is 5.97. The molecule has 2 heterocycles. The molecule has 3 rings (SSSR count).